The fourth-order valence-corrected chi connectivity index (χ4v) is 9.04. The van der Waals surface area contributed by atoms with E-state index in [1.165, 1.54) is 47.3 Å². The zero-order valence-corrected chi connectivity index (χ0v) is 32.6. The van der Waals surface area contributed by atoms with Crippen LogP contribution >= 0.6 is 0 Å². The molecule has 1 aromatic heterocycles. The number of piperazine rings is 1. The zero-order chi connectivity index (χ0) is 38.8. The highest BCUT2D eigenvalue weighted by molar-refractivity contribution is 6.17. The Morgan fingerprint density at radius 2 is 1.55 bits per heavy atom. The number of phenols is 1. The molecule has 3 aliphatic heterocycles. The van der Waals surface area contributed by atoms with Crippen LogP contribution in [-0.2, 0) is 16.1 Å². The van der Waals surface area contributed by atoms with Crippen molar-refractivity contribution in [2.75, 3.05) is 68.0 Å². The average molecular weight is 752 g/mol. The van der Waals surface area contributed by atoms with Gasteiger partial charge >= 0.3 is 0 Å². The zero-order valence-electron chi connectivity index (χ0n) is 32.6. The summed E-state index contributed by atoms with van der Waals surface area (Å²) in [4.78, 5) is 31.6. The second kappa shape index (κ2) is 16.2. The first-order valence-corrected chi connectivity index (χ1v) is 20.2. The Morgan fingerprint density at radius 3 is 2.27 bits per heavy atom. The van der Waals surface area contributed by atoms with Crippen LogP contribution in [0.1, 0.15) is 48.8 Å². The molecule has 290 valence electrons. The van der Waals surface area contributed by atoms with Crippen LogP contribution in [0, 0.1) is 24.2 Å². The molecule has 10 nitrogen and oxygen atoms in total. The molecule has 0 spiro atoms. The number of fused-ring (bicyclic) bond motifs is 1. The molecule has 3 fully saturated rings. The van der Waals surface area contributed by atoms with Gasteiger partial charge in [-0.3, -0.25) is 19.8 Å². The van der Waals surface area contributed by atoms with E-state index >= 15 is 0 Å². The van der Waals surface area contributed by atoms with Gasteiger partial charge in [0.05, 0.1) is 17.3 Å². The Balaban J connectivity index is 0.815. The average Bonchev–Trinajstić information content (AvgIpc) is 3.49. The quantitative estimate of drug-likeness (QED) is 0.0830. The first-order chi connectivity index (χ1) is 27.2. The number of aryl methyl sites for hydroxylation is 1. The van der Waals surface area contributed by atoms with E-state index < -0.39 is 5.92 Å². The van der Waals surface area contributed by atoms with Gasteiger partial charge in [0, 0.05) is 92.8 Å². The minimum absolute atomic E-state index is 0.258. The Hall–Kier alpha value is -5.61. The lowest BCUT2D eigenvalue weighted by Crippen LogP contribution is -2.47. The van der Waals surface area contributed by atoms with Gasteiger partial charge in [-0.15, -0.1) is 0 Å². The molecule has 5 aromatic rings. The van der Waals surface area contributed by atoms with Crippen molar-refractivity contribution in [3.05, 3.63) is 108 Å². The van der Waals surface area contributed by atoms with Gasteiger partial charge in [-0.25, -0.2) is 0 Å². The molecular weight excluding hydrogens is 699 g/mol. The predicted molar refractivity (Wildman–Crippen MR) is 226 cm³/mol. The van der Waals surface area contributed by atoms with Crippen LogP contribution in [0.5, 0.6) is 5.75 Å². The van der Waals surface area contributed by atoms with Crippen molar-refractivity contribution < 1.29 is 14.7 Å². The fraction of sp³-hybridized carbons (Fsp3) is 0.370. The van der Waals surface area contributed by atoms with Gasteiger partial charge in [0.25, 0.3) is 0 Å². The van der Waals surface area contributed by atoms with E-state index in [0.29, 0.717) is 17.7 Å². The third-order valence-electron chi connectivity index (χ3n) is 12.3. The summed E-state index contributed by atoms with van der Waals surface area (Å²) in [5.74, 6) is -0.202. The molecule has 0 aliphatic carbocycles. The standard InChI is InChI=1S/C46H53N7O3/c1-31-40-29-37(54)13-16-42(40)53(45(31)34-6-4-3-5-7-34)30-33-8-10-35(11-9-33)51-22-19-32(20-23-51)18-21-50-24-26-52(27-25-50)36-12-14-38(41(28-36)48-2)44(47)39-15-17-43(55)49-46(39)56/h3-14,16,28-29,32,39,47-48,54H,15,17-27,30H2,1-2H3,(H,49,55,56). The minimum atomic E-state index is -0.604. The number of carbonyl (C=O) groups excluding carboxylic acids is 2. The molecule has 56 heavy (non-hydrogen) atoms. The molecule has 3 aliphatic rings. The maximum Gasteiger partial charge on any atom is 0.235 e. The number of amides is 2. The molecule has 1 atom stereocenters. The number of benzene rings is 4. The molecule has 10 heteroatoms. The lowest BCUT2D eigenvalue weighted by atomic mass is 9.88. The number of aromatic nitrogens is 1. The van der Waals surface area contributed by atoms with Gasteiger partial charge in [0.1, 0.15) is 5.75 Å². The maximum absolute atomic E-state index is 12.4. The largest absolute Gasteiger partial charge is 0.508 e. The fourth-order valence-electron chi connectivity index (χ4n) is 9.04. The van der Waals surface area contributed by atoms with Crippen molar-refractivity contribution >= 4 is 45.5 Å². The number of hydrogen-bond acceptors (Lipinski definition) is 8. The van der Waals surface area contributed by atoms with E-state index in [1.807, 2.05) is 25.2 Å². The van der Waals surface area contributed by atoms with Crippen molar-refractivity contribution in [2.24, 2.45) is 11.8 Å². The molecule has 4 N–H and O–H groups in total. The molecule has 4 aromatic carbocycles. The number of aromatic hydroxyl groups is 1. The monoisotopic (exact) mass is 751 g/mol. The van der Waals surface area contributed by atoms with Crippen LogP contribution < -0.4 is 20.4 Å². The number of nitrogens with zero attached hydrogens (tertiary/aromatic N) is 4. The SMILES string of the molecule is CNc1cc(N2CCN(CCC3CCN(c4ccc(Cn5c(-c6ccccc6)c(C)c6cc(O)ccc65)cc4)CC3)CC2)ccc1C(=N)C1CCC(=O)NC1=O. The second-order valence-electron chi connectivity index (χ2n) is 15.7. The van der Waals surface area contributed by atoms with Crippen LogP contribution in [0.15, 0.2) is 91.0 Å². The maximum atomic E-state index is 12.4. The number of piperidine rings is 2. The van der Waals surface area contributed by atoms with Crippen molar-refractivity contribution in [3.8, 4) is 17.0 Å². The van der Waals surface area contributed by atoms with E-state index in [0.717, 1.165) is 80.6 Å². The summed E-state index contributed by atoms with van der Waals surface area (Å²) in [6.45, 7) is 10.2. The van der Waals surface area contributed by atoms with Gasteiger partial charge < -0.3 is 30.2 Å². The van der Waals surface area contributed by atoms with Gasteiger partial charge in [0.2, 0.25) is 11.8 Å². The number of rotatable bonds is 11. The lowest BCUT2D eigenvalue weighted by Gasteiger charge is -2.38. The molecule has 0 bridgehead atoms. The third kappa shape index (κ3) is 7.75. The molecule has 2 amide bonds. The summed E-state index contributed by atoms with van der Waals surface area (Å²) in [5, 5.41) is 25.7. The number of anilines is 3. The van der Waals surface area contributed by atoms with Crippen molar-refractivity contribution in [1.29, 1.82) is 5.41 Å². The van der Waals surface area contributed by atoms with Crippen molar-refractivity contribution in [2.45, 2.75) is 45.6 Å². The predicted octanol–water partition coefficient (Wildman–Crippen LogP) is 7.26. The van der Waals surface area contributed by atoms with E-state index in [-0.39, 0.29) is 23.9 Å². The highest BCUT2D eigenvalue weighted by Crippen LogP contribution is 2.36. The van der Waals surface area contributed by atoms with Crippen molar-refractivity contribution in [1.82, 2.24) is 14.8 Å². The van der Waals surface area contributed by atoms with Gasteiger partial charge in [-0.05, 0) is 110 Å². The lowest BCUT2D eigenvalue weighted by molar-refractivity contribution is -0.134. The van der Waals surface area contributed by atoms with E-state index in [4.69, 9.17) is 5.41 Å². The van der Waals surface area contributed by atoms with Crippen LogP contribution in [-0.4, -0.2) is 85.0 Å². The van der Waals surface area contributed by atoms with Crippen molar-refractivity contribution in [3.63, 3.8) is 0 Å². The van der Waals surface area contributed by atoms with Crippen LogP contribution in [0.4, 0.5) is 17.1 Å². The van der Waals surface area contributed by atoms with Crippen LogP contribution in [0.2, 0.25) is 0 Å². The number of carbonyl (C=O) groups is 2. The number of imide groups is 1. The van der Waals surface area contributed by atoms with E-state index in [9.17, 15) is 14.7 Å². The Kier molecular flexibility index (Phi) is 10.8. The molecular formula is C46H53N7O3. The topological polar surface area (TPSA) is 117 Å². The van der Waals surface area contributed by atoms with E-state index in [1.54, 1.807) is 6.07 Å². The van der Waals surface area contributed by atoms with Gasteiger partial charge in [0.15, 0.2) is 0 Å². The highest BCUT2D eigenvalue weighted by Gasteiger charge is 2.32. The smallest absolute Gasteiger partial charge is 0.235 e. The number of nitrogens with one attached hydrogen (secondary N) is 3. The number of hydrogen-bond donors (Lipinski definition) is 4. The number of phenolic OH excluding ortho intramolecular Hbond substituents is 1. The third-order valence-corrected chi connectivity index (χ3v) is 12.3. The Labute approximate surface area is 329 Å². The summed E-state index contributed by atoms with van der Waals surface area (Å²) in [5.41, 5.74) is 10.2. The first kappa shape index (κ1) is 37.3. The molecule has 1 unspecified atom stereocenters. The summed E-state index contributed by atoms with van der Waals surface area (Å²) in [7, 11) is 1.85. The Morgan fingerprint density at radius 1 is 0.839 bits per heavy atom. The summed E-state index contributed by atoms with van der Waals surface area (Å²) in [6, 6.07) is 31.5. The summed E-state index contributed by atoms with van der Waals surface area (Å²) < 4.78 is 2.39. The molecule has 3 saturated heterocycles. The first-order valence-electron chi connectivity index (χ1n) is 20.2. The van der Waals surface area contributed by atoms with Gasteiger partial charge in [-0.1, -0.05) is 42.5 Å². The van der Waals surface area contributed by atoms with E-state index in [2.05, 4.69) is 104 Å². The molecule has 0 saturated carbocycles. The second-order valence-corrected chi connectivity index (χ2v) is 15.7. The van der Waals surface area contributed by atoms with Gasteiger partial charge in [-0.2, -0.15) is 0 Å². The molecule has 0 radical (unpaired) electrons. The summed E-state index contributed by atoms with van der Waals surface area (Å²) >= 11 is 0. The Bertz CT molecular complexity index is 2220. The molecule has 4 heterocycles. The summed E-state index contributed by atoms with van der Waals surface area (Å²) in [6.07, 6.45) is 4.32. The molecule has 8 rings (SSSR count). The van der Waals surface area contributed by atoms with Crippen LogP contribution in [0.3, 0.4) is 0 Å². The minimum Gasteiger partial charge on any atom is -0.508 e. The normalized spacial score (nSPS) is 18.4. The van der Waals surface area contributed by atoms with Crippen LogP contribution in [0.25, 0.3) is 22.2 Å². The highest BCUT2D eigenvalue weighted by atomic mass is 16.3.